The van der Waals surface area contributed by atoms with E-state index in [4.69, 9.17) is 15.2 Å². The van der Waals surface area contributed by atoms with Gasteiger partial charge in [0.1, 0.15) is 0 Å². The number of hydrogen-bond acceptors (Lipinski definition) is 5. The summed E-state index contributed by atoms with van der Waals surface area (Å²) in [6, 6.07) is 14.5. The second kappa shape index (κ2) is 9.15. The summed E-state index contributed by atoms with van der Waals surface area (Å²) >= 11 is 0. The Bertz CT molecular complexity index is 869. The Morgan fingerprint density at radius 3 is 2.31 bits per heavy atom. The Balaban J connectivity index is 0.00000240. The first-order valence-corrected chi connectivity index (χ1v) is 9.39. The number of carbonyl (C=O) groups is 2. The van der Waals surface area contributed by atoms with Crippen LogP contribution in [0.2, 0.25) is 0 Å². The number of hydrogen-bond donors (Lipinski definition) is 1. The molecule has 1 fully saturated rings. The Labute approximate surface area is 175 Å². The predicted molar refractivity (Wildman–Crippen MR) is 110 cm³/mol. The Morgan fingerprint density at radius 2 is 1.59 bits per heavy atom. The van der Waals surface area contributed by atoms with Gasteiger partial charge in [-0.25, -0.2) is 0 Å². The highest BCUT2D eigenvalue weighted by atomic mass is 35.5. The monoisotopic (exact) mass is 417 g/mol. The van der Waals surface area contributed by atoms with E-state index in [-0.39, 0.29) is 43.5 Å². The standard InChI is InChI=1S/C21H23N3O4.ClH/c22-17(15-4-2-1-3-5-15)13-20(25)23-8-10-24(11-9-23)21(26)16-6-7-18-19(12-16)28-14-27-18;/h1-7,12,17H,8-11,13-14,22H2;1H. The molecule has 2 N–H and O–H groups in total. The van der Waals surface area contributed by atoms with Crippen molar-refractivity contribution in [1.29, 1.82) is 0 Å². The molecule has 154 valence electrons. The Kier molecular flexibility index (Phi) is 6.61. The van der Waals surface area contributed by atoms with E-state index in [0.29, 0.717) is 43.2 Å². The smallest absolute Gasteiger partial charge is 0.254 e. The third-order valence-corrected chi connectivity index (χ3v) is 5.16. The van der Waals surface area contributed by atoms with E-state index in [2.05, 4.69) is 0 Å². The summed E-state index contributed by atoms with van der Waals surface area (Å²) in [6.45, 7) is 2.20. The molecule has 1 unspecified atom stereocenters. The molecule has 2 aromatic carbocycles. The van der Waals surface area contributed by atoms with Crippen molar-refractivity contribution in [3.05, 3.63) is 59.7 Å². The molecule has 0 radical (unpaired) electrons. The van der Waals surface area contributed by atoms with Gasteiger partial charge in [0.15, 0.2) is 11.5 Å². The lowest BCUT2D eigenvalue weighted by molar-refractivity contribution is -0.133. The molecule has 0 spiro atoms. The van der Waals surface area contributed by atoms with Crippen LogP contribution in [0.25, 0.3) is 0 Å². The van der Waals surface area contributed by atoms with Crippen molar-refractivity contribution in [2.75, 3.05) is 33.0 Å². The van der Waals surface area contributed by atoms with Crippen LogP contribution in [-0.4, -0.2) is 54.6 Å². The van der Waals surface area contributed by atoms with Crippen LogP contribution < -0.4 is 15.2 Å². The summed E-state index contributed by atoms with van der Waals surface area (Å²) in [6.07, 6.45) is 0.264. The molecule has 2 heterocycles. The number of nitrogens with zero attached hydrogens (tertiary/aromatic N) is 2. The fraction of sp³-hybridized carbons (Fsp3) is 0.333. The van der Waals surface area contributed by atoms with Crippen molar-refractivity contribution in [1.82, 2.24) is 9.80 Å². The molecule has 1 saturated heterocycles. The maximum absolute atomic E-state index is 12.7. The first-order chi connectivity index (χ1) is 13.6. The second-order valence-corrected chi connectivity index (χ2v) is 6.96. The van der Waals surface area contributed by atoms with Gasteiger partial charge in [0.05, 0.1) is 0 Å². The van der Waals surface area contributed by atoms with Gasteiger partial charge in [-0.3, -0.25) is 9.59 Å². The van der Waals surface area contributed by atoms with Gasteiger partial charge >= 0.3 is 0 Å². The topological polar surface area (TPSA) is 85.1 Å². The fourth-order valence-corrected chi connectivity index (χ4v) is 3.51. The molecule has 0 aliphatic carbocycles. The van der Waals surface area contributed by atoms with E-state index in [9.17, 15) is 9.59 Å². The van der Waals surface area contributed by atoms with Gasteiger partial charge in [-0.05, 0) is 23.8 Å². The quantitative estimate of drug-likeness (QED) is 0.824. The van der Waals surface area contributed by atoms with Gasteiger partial charge in [-0.1, -0.05) is 30.3 Å². The molecule has 0 aromatic heterocycles. The molecule has 2 aliphatic heterocycles. The van der Waals surface area contributed by atoms with Crippen molar-refractivity contribution in [2.24, 2.45) is 5.73 Å². The lowest BCUT2D eigenvalue weighted by Gasteiger charge is -2.35. The average molecular weight is 418 g/mol. The van der Waals surface area contributed by atoms with Gasteiger partial charge in [-0.2, -0.15) is 0 Å². The number of carbonyl (C=O) groups excluding carboxylic acids is 2. The molecular formula is C21H24ClN3O4. The van der Waals surface area contributed by atoms with Gasteiger partial charge < -0.3 is 25.0 Å². The average Bonchev–Trinajstić information content (AvgIpc) is 3.22. The van der Waals surface area contributed by atoms with E-state index in [1.165, 1.54) is 0 Å². The number of piperazine rings is 1. The first kappa shape index (κ1) is 21.0. The lowest BCUT2D eigenvalue weighted by atomic mass is 10.0. The minimum Gasteiger partial charge on any atom is -0.454 e. The highest BCUT2D eigenvalue weighted by molar-refractivity contribution is 5.95. The maximum Gasteiger partial charge on any atom is 0.254 e. The Morgan fingerprint density at radius 1 is 0.931 bits per heavy atom. The molecule has 1 atom stereocenters. The summed E-state index contributed by atoms with van der Waals surface area (Å²) in [7, 11) is 0. The van der Waals surface area contributed by atoms with Gasteiger partial charge in [0.2, 0.25) is 12.7 Å². The molecule has 0 saturated carbocycles. The molecule has 2 aliphatic rings. The normalized spacial score (nSPS) is 16.2. The first-order valence-electron chi connectivity index (χ1n) is 9.39. The van der Waals surface area contributed by atoms with Crippen LogP contribution >= 0.6 is 12.4 Å². The van der Waals surface area contributed by atoms with Crippen LogP contribution in [-0.2, 0) is 4.79 Å². The number of nitrogens with two attached hydrogens (primary N) is 1. The van der Waals surface area contributed by atoms with E-state index < -0.39 is 0 Å². The SMILES string of the molecule is Cl.NC(CC(=O)N1CCN(C(=O)c2ccc3c(c2)OCO3)CC1)c1ccccc1. The highest BCUT2D eigenvalue weighted by Crippen LogP contribution is 2.32. The molecule has 2 aromatic rings. The number of halogens is 1. The molecular weight excluding hydrogens is 394 g/mol. The highest BCUT2D eigenvalue weighted by Gasteiger charge is 2.27. The van der Waals surface area contributed by atoms with Crippen molar-refractivity contribution < 1.29 is 19.1 Å². The zero-order valence-corrected chi connectivity index (χ0v) is 16.8. The zero-order chi connectivity index (χ0) is 19.5. The van der Waals surface area contributed by atoms with Gasteiger partial charge in [-0.15, -0.1) is 12.4 Å². The number of rotatable bonds is 4. The minimum atomic E-state index is -0.318. The van der Waals surface area contributed by atoms with Crippen LogP contribution in [0.15, 0.2) is 48.5 Å². The third kappa shape index (κ3) is 4.63. The van der Waals surface area contributed by atoms with Crippen LogP contribution in [0, 0.1) is 0 Å². The predicted octanol–water partition coefficient (Wildman–Crippen LogP) is 2.21. The van der Waals surface area contributed by atoms with Gasteiger partial charge in [0, 0.05) is 44.2 Å². The van der Waals surface area contributed by atoms with Crippen LogP contribution in [0.1, 0.15) is 28.4 Å². The molecule has 0 bridgehead atoms. The number of fused-ring (bicyclic) bond motifs is 1. The maximum atomic E-state index is 12.7. The third-order valence-electron chi connectivity index (χ3n) is 5.16. The summed E-state index contributed by atoms with van der Waals surface area (Å²) in [5.74, 6) is 1.20. The van der Waals surface area contributed by atoms with Crippen molar-refractivity contribution >= 4 is 24.2 Å². The second-order valence-electron chi connectivity index (χ2n) is 6.96. The fourth-order valence-electron chi connectivity index (χ4n) is 3.51. The molecule has 2 amide bonds. The van der Waals surface area contributed by atoms with E-state index in [0.717, 1.165) is 5.56 Å². The summed E-state index contributed by atoms with van der Waals surface area (Å²) < 4.78 is 10.6. The van der Waals surface area contributed by atoms with E-state index >= 15 is 0 Å². The molecule has 29 heavy (non-hydrogen) atoms. The summed E-state index contributed by atoms with van der Waals surface area (Å²) in [5.41, 5.74) is 7.68. The van der Waals surface area contributed by atoms with E-state index in [1.54, 1.807) is 28.0 Å². The van der Waals surface area contributed by atoms with Crippen LogP contribution in [0.4, 0.5) is 0 Å². The number of ether oxygens (including phenoxy) is 2. The number of benzene rings is 2. The van der Waals surface area contributed by atoms with Crippen molar-refractivity contribution in [3.63, 3.8) is 0 Å². The zero-order valence-electron chi connectivity index (χ0n) is 16.0. The Hall–Kier alpha value is -2.77. The van der Waals surface area contributed by atoms with Crippen molar-refractivity contribution in [2.45, 2.75) is 12.5 Å². The summed E-state index contributed by atoms with van der Waals surface area (Å²) in [5, 5.41) is 0. The minimum absolute atomic E-state index is 0. The van der Waals surface area contributed by atoms with Crippen molar-refractivity contribution in [3.8, 4) is 11.5 Å². The molecule has 4 rings (SSSR count). The van der Waals surface area contributed by atoms with Crippen LogP contribution in [0.3, 0.4) is 0 Å². The van der Waals surface area contributed by atoms with Gasteiger partial charge in [0.25, 0.3) is 5.91 Å². The molecule has 7 nitrogen and oxygen atoms in total. The lowest BCUT2D eigenvalue weighted by Crippen LogP contribution is -2.51. The molecule has 8 heteroatoms. The van der Waals surface area contributed by atoms with E-state index in [1.807, 2.05) is 30.3 Å². The number of amides is 2. The van der Waals surface area contributed by atoms with Crippen LogP contribution in [0.5, 0.6) is 11.5 Å². The summed E-state index contributed by atoms with van der Waals surface area (Å²) in [4.78, 5) is 28.9. The largest absolute Gasteiger partial charge is 0.454 e.